The highest BCUT2D eigenvalue weighted by atomic mass is 16.5. The van der Waals surface area contributed by atoms with Crippen molar-refractivity contribution in [3.8, 4) is 6.07 Å². The van der Waals surface area contributed by atoms with Crippen LogP contribution in [0.1, 0.15) is 23.2 Å². The molecule has 2 atom stereocenters. The van der Waals surface area contributed by atoms with Crippen LogP contribution in [0.25, 0.3) is 0 Å². The first-order valence-corrected chi connectivity index (χ1v) is 8.19. The van der Waals surface area contributed by atoms with Gasteiger partial charge in [-0.15, -0.1) is 0 Å². The molecule has 0 aromatic heterocycles. The van der Waals surface area contributed by atoms with Gasteiger partial charge in [0.2, 0.25) is 11.8 Å². The molecule has 5 heteroatoms. The summed E-state index contributed by atoms with van der Waals surface area (Å²) in [6, 6.07) is 22.0. The summed E-state index contributed by atoms with van der Waals surface area (Å²) in [4.78, 5) is 4.57. The molecular weight excluding hydrogens is 314 g/mol. The molecule has 25 heavy (non-hydrogen) atoms. The summed E-state index contributed by atoms with van der Waals surface area (Å²) in [6.07, 6.45) is 0. The SMILES string of the molecule is N#C/C(C1=NC(c2ccccc2)CO1)=C1\NC(c2ccccc2)CO1. The average Bonchev–Trinajstić information content (AvgIpc) is 3.35. The zero-order chi connectivity index (χ0) is 17.1. The van der Waals surface area contributed by atoms with E-state index in [9.17, 15) is 5.26 Å². The summed E-state index contributed by atoms with van der Waals surface area (Å²) in [7, 11) is 0. The van der Waals surface area contributed by atoms with E-state index >= 15 is 0 Å². The Morgan fingerprint density at radius 1 is 0.960 bits per heavy atom. The van der Waals surface area contributed by atoms with E-state index in [1.807, 2.05) is 60.7 Å². The minimum atomic E-state index is -0.0912. The van der Waals surface area contributed by atoms with E-state index in [4.69, 9.17) is 9.47 Å². The lowest BCUT2D eigenvalue weighted by Crippen LogP contribution is -2.17. The average molecular weight is 331 g/mol. The first-order valence-electron chi connectivity index (χ1n) is 8.19. The van der Waals surface area contributed by atoms with E-state index in [1.54, 1.807) is 0 Å². The Kier molecular flexibility index (Phi) is 4.09. The van der Waals surface area contributed by atoms with Crippen molar-refractivity contribution in [1.82, 2.24) is 5.32 Å². The summed E-state index contributed by atoms with van der Waals surface area (Å²) in [5.74, 6) is 0.774. The fourth-order valence-corrected chi connectivity index (χ4v) is 2.97. The van der Waals surface area contributed by atoms with E-state index in [0.29, 0.717) is 30.6 Å². The van der Waals surface area contributed by atoms with Gasteiger partial charge < -0.3 is 14.8 Å². The molecule has 124 valence electrons. The highest BCUT2D eigenvalue weighted by Crippen LogP contribution is 2.28. The second kappa shape index (κ2) is 6.70. The van der Waals surface area contributed by atoms with Gasteiger partial charge in [0.15, 0.2) is 5.57 Å². The topological polar surface area (TPSA) is 66.6 Å². The van der Waals surface area contributed by atoms with Crippen molar-refractivity contribution >= 4 is 5.90 Å². The summed E-state index contributed by atoms with van der Waals surface area (Å²) >= 11 is 0. The molecule has 0 aliphatic carbocycles. The molecule has 1 saturated heterocycles. The summed E-state index contributed by atoms with van der Waals surface area (Å²) in [5.41, 5.74) is 2.50. The van der Waals surface area contributed by atoms with Gasteiger partial charge in [-0.05, 0) is 11.1 Å². The Hall–Kier alpha value is -3.26. The largest absolute Gasteiger partial charge is 0.476 e. The maximum atomic E-state index is 9.57. The third-order valence-electron chi connectivity index (χ3n) is 4.29. The summed E-state index contributed by atoms with van der Waals surface area (Å²) < 4.78 is 11.4. The normalized spacial score (nSPS) is 23.7. The number of hydrogen-bond acceptors (Lipinski definition) is 5. The van der Waals surface area contributed by atoms with Crippen LogP contribution in [0.4, 0.5) is 0 Å². The monoisotopic (exact) mass is 331 g/mol. The van der Waals surface area contributed by atoms with Crippen molar-refractivity contribution in [3.05, 3.63) is 83.2 Å². The second-order valence-electron chi connectivity index (χ2n) is 5.91. The molecule has 2 heterocycles. The van der Waals surface area contributed by atoms with Gasteiger partial charge in [0.1, 0.15) is 25.3 Å². The molecular formula is C20H17N3O2. The van der Waals surface area contributed by atoms with Crippen molar-refractivity contribution < 1.29 is 9.47 Å². The maximum absolute atomic E-state index is 9.57. The number of ether oxygens (including phenoxy) is 2. The van der Waals surface area contributed by atoms with Gasteiger partial charge in [-0.1, -0.05) is 60.7 Å². The first kappa shape index (κ1) is 15.3. The van der Waals surface area contributed by atoms with E-state index in [-0.39, 0.29) is 12.1 Å². The predicted octanol–water partition coefficient (Wildman–Crippen LogP) is 3.25. The lowest BCUT2D eigenvalue weighted by Gasteiger charge is -2.08. The molecule has 4 rings (SSSR count). The van der Waals surface area contributed by atoms with Crippen LogP contribution in [0.5, 0.6) is 0 Å². The standard InChI is InChI=1S/C20H17N3O2/c21-11-16(19-22-17(12-24-19)14-7-3-1-4-8-14)20-23-18(13-25-20)15-9-5-2-6-10-15/h1-10,17-18,22H,12-13H2/b19-16-. The van der Waals surface area contributed by atoms with Crippen LogP contribution in [0.3, 0.4) is 0 Å². The zero-order valence-electron chi connectivity index (χ0n) is 13.6. The van der Waals surface area contributed by atoms with Crippen LogP contribution in [0.2, 0.25) is 0 Å². The number of nitriles is 1. The van der Waals surface area contributed by atoms with E-state index in [2.05, 4.69) is 16.4 Å². The number of nitrogens with one attached hydrogen (secondary N) is 1. The molecule has 0 radical (unpaired) electrons. The van der Waals surface area contributed by atoms with Gasteiger partial charge in [-0.3, -0.25) is 0 Å². The number of rotatable bonds is 3. The number of benzene rings is 2. The summed E-state index contributed by atoms with van der Waals surface area (Å²) in [6.45, 7) is 0.903. The Balaban J connectivity index is 1.57. The molecule has 5 nitrogen and oxygen atoms in total. The highest BCUT2D eigenvalue weighted by Gasteiger charge is 2.30. The van der Waals surface area contributed by atoms with Crippen LogP contribution in [0, 0.1) is 11.3 Å². The third-order valence-corrected chi connectivity index (χ3v) is 4.29. The van der Waals surface area contributed by atoms with Gasteiger partial charge in [0, 0.05) is 0 Å². The van der Waals surface area contributed by atoms with Crippen LogP contribution in [-0.4, -0.2) is 19.1 Å². The Bertz CT molecular complexity index is 854. The number of aliphatic imine (C=N–C) groups is 1. The van der Waals surface area contributed by atoms with Gasteiger partial charge in [-0.25, -0.2) is 4.99 Å². The van der Waals surface area contributed by atoms with Crippen molar-refractivity contribution in [1.29, 1.82) is 5.26 Å². The molecule has 2 aliphatic rings. The zero-order valence-corrected chi connectivity index (χ0v) is 13.6. The molecule has 0 saturated carbocycles. The molecule has 1 fully saturated rings. The van der Waals surface area contributed by atoms with Crippen molar-refractivity contribution in [3.63, 3.8) is 0 Å². The fraction of sp³-hybridized carbons (Fsp3) is 0.200. The predicted molar refractivity (Wildman–Crippen MR) is 93.5 cm³/mol. The minimum Gasteiger partial charge on any atom is -0.476 e. The quantitative estimate of drug-likeness (QED) is 0.877. The first-order chi connectivity index (χ1) is 12.3. The molecule has 1 N–H and O–H groups in total. The van der Waals surface area contributed by atoms with Crippen LogP contribution in [-0.2, 0) is 9.47 Å². The fourth-order valence-electron chi connectivity index (χ4n) is 2.97. The second-order valence-corrected chi connectivity index (χ2v) is 5.91. The smallest absolute Gasteiger partial charge is 0.233 e. The maximum Gasteiger partial charge on any atom is 0.233 e. The van der Waals surface area contributed by atoms with Gasteiger partial charge in [0.25, 0.3) is 0 Å². The minimum absolute atomic E-state index is 0.0199. The van der Waals surface area contributed by atoms with Crippen molar-refractivity contribution in [2.24, 2.45) is 4.99 Å². The molecule has 0 amide bonds. The Morgan fingerprint density at radius 3 is 2.32 bits per heavy atom. The van der Waals surface area contributed by atoms with Crippen LogP contribution >= 0.6 is 0 Å². The van der Waals surface area contributed by atoms with Gasteiger partial charge in [0.05, 0.1) is 6.04 Å². The van der Waals surface area contributed by atoms with Crippen LogP contribution in [0.15, 0.2) is 77.1 Å². The lowest BCUT2D eigenvalue weighted by molar-refractivity contribution is 0.251. The number of nitrogens with zero attached hydrogens (tertiary/aromatic N) is 2. The highest BCUT2D eigenvalue weighted by molar-refractivity contribution is 5.98. The van der Waals surface area contributed by atoms with Gasteiger partial charge >= 0.3 is 0 Å². The Morgan fingerprint density at radius 2 is 1.64 bits per heavy atom. The molecule has 2 aliphatic heterocycles. The van der Waals surface area contributed by atoms with Crippen molar-refractivity contribution in [2.75, 3.05) is 13.2 Å². The van der Waals surface area contributed by atoms with E-state index in [1.165, 1.54) is 0 Å². The van der Waals surface area contributed by atoms with Gasteiger partial charge in [-0.2, -0.15) is 5.26 Å². The van der Waals surface area contributed by atoms with E-state index in [0.717, 1.165) is 11.1 Å². The third kappa shape index (κ3) is 3.07. The number of hydrogen-bond donors (Lipinski definition) is 1. The molecule has 2 aromatic rings. The molecule has 0 bridgehead atoms. The van der Waals surface area contributed by atoms with Crippen LogP contribution < -0.4 is 5.32 Å². The molecule has 2 aromatic carbocycles. The summed E-state index contributed by atoms with van der Waals surface area (Å²) in [5, 5.41) is 12.8. The lowest BCUT2D eigenvalue weighted by atomic mass is 10.1. The van der Waals surface area contributed by atoms with E-state index < -0.39 is 0 Å². The Labute approximate surface area is 146 Å². The molecule has 2 unspecified atom stereocenters. The van der Waals surface area contributed by atoms with Crippen molar-refractivity contribution in [2.45, 2.75) is 12.1 Å². The molecule has 0 spiro atoms.